The molecule has 1 fully saturated rings. The average Bonchev–Trinajstić information content (AvgIpc) is 2.76. The lowest BCUT2D eigenvalue weighted by Crippen LogP contribution is -2.45. The van der Waals surface area contributed by atoms with Crippen LogP contribution in [0.4, 0.5) is 0 Å². The first-order valence-electron chi connectivity index (χ1n) is 6.06. The van der Waals surface area contributed by atoms with Crippen LogP contribution in [-0.2, 0) is 11.3 Å². The molecular weight excluding hydrogens is 216 g/mol. The molecule has 1 aliphatic heterocycles. The van der Waals surface area contributed by atoms with Gasteiger partial charge in [-0.2, -0.15) is 0 Å². The molecule has 0 saturated carbocycles. The third kappa shape index (κ3) is 2.70. The second-order valence-electron chi connectivity index (χ2n) is 5.45. The van der Waals surface area contributed by atoms with Crippen molar-refractivity contribution in [2.45, 2.75) is 26.4 Å². The lowest BCUT2D eigenvalue weighted by molar-refractivity contribution is 0.128. The van der Waals surface area contributed by atoms with E-state index in [2.05, 4.69) is 18.9 Å². The number of hydrogen-bond acceptors (Lipinski definition) is 4. The summed E-state index contributed by atoms with van der Waals surface area (Å²) in [6.45, 7) is 7.46. The number of rotatable bonds is 4. The normalized spacial score (nSPS) is 29.1. The Labute approximate surface area is 103 Å². The molecular formula is C13H22N2O2. The van der Waals surface area contributed by atoms with Gasteiger partial charge in [0.1, 0.15) is 5.76 Å². The summed E-state index contributed by atoms with van der Waals surface area (Å²) in [6, 6.07) is 2.16. The largest absolute Gasteiger partial charge is 0.469 e. The van der Waals surface area contributed by atoms with E-state index in [4.69, 9.17) is 14.9 Å². The average molecular weight is 238 g/mol. The third-order valence-corrected chi connectivity index (χ3v) is 3.66. The molecule has 1 aliphatic rings. The maximum atomic E-state index is 6.09. The molecule has 1 saturated heterocycles. The van der Waals surface area contributed by atoms with E-state index in [1.165, 1.54) is 5.56 Å². The molecule has 0 spiro atoms. The van der Waals surface area contributed by atoms with Gasteiger partial charge >= 0.3 is 0 Å². The van der Waals surface area contributed by atoms with Crippen LogP contribution in [0.5, 0.6) is 0 Å². The van der Waals surface area contributed by atoms with Crippen LogP contribution in [0.1, 0.15) is 18.2 Å². The molecule has 2 unspecified atom stereocenters. The topological polar surface area (TPSA) is 51.6 Å². The van der Waals surface area contributed by atoms with E-state index in [9.17, 15) is 0 Å². The quantitative estimate of drug-likeness (QED) is 0.861. The smallest absolute Gasteiger partial charge is 0.105 e. The molecule has 0 aromatic carbocycles. The molecule has 2 rings (SSSR count). The molecule has 1 aromatic heterocycles. The Morgan fingerprint density at radius 3 is 2.88 bits per heavy atom. The fraction of sp³-hybridized carbons (Fsp3) is 0.692. The lowest BCUT2D eigenvalue weighted by atomic mass is 9.85. The standard InChI is InChI=1S/C13H22N2O2/c1-10-11(4-5-17-10)6-15(3)8-13(2)9-16-7-12(13)14/h4-5,12H,6-9,14H2,1-3H3. The van der Waals surface area contributed by atoms with Gasteiger partial charge in [0.05, 0.1) is 19.5 Å². The van der Waals surface area contributed by atoms with Crippen molar-refractivity contribution < 1.29 is 9.15 Å². The Kier molecular flexibility index (Phi) is 3.56. The van der Waals surface area contributed by atoms with E-state index in [-0.39, 0.29) is 11.5 Å². The first-order chi connectivity index (χ1) is 8.01. The van der Waals surface area contributed by atoms with Gasteiger partial charge in [0.15, 0.2) is 0 Å². The summed E-state index contributed by atoms with van der Waals surface area (Å²) in [5.41, 5.74) is 7.40. The minimum Gasteiger partial charge on any atom is -0.469 e. The molecule has 0 aliphatic carbocycles. The monoisotopic (exact) mass is 238 g/mol. The van der Waals surface area contributed by atoms with Gasteiger partial charge in [-0.3, -0.25) is 0 Å². The zero-order chi connectivity index (χ0) is 12.5. The number of nitrogens with zero attached hydrogens (tertiary/aromatic N) is 1. The molecule has 2 heterocycles. The van der Waals surface area contributed by atoms with Crippen LogP contribution in [0.2, 0.25) is 0 Å². The Bertz CT molecular complexity index is 377. The number of ether oxygens (including phenoxy) is 1. The second kappa shape index (κ2) is 4.80. The Balaban J connectivity index is 1.93. The first-order valence-corrected chi connectivity index (χ1v) is 6.06. The minimum atomic E-state index is 0.0619. The fourth-order valence-electron chi connectivity index (χ4n) is 2.43. The fourth-order valence-corrected chi connectivity index (χ4v) is 2.43. The first kappa shape index (κ1) is 12.6. The van der Waals surface area contributed by atoms with E-state index in [0.29, 0.717) is 6.61 Å². The minimum absolute atomic E-state index is 0.0619. The van der Waals surface area contributed by atoms with Crippen molar-refractivity contribution in [2.24, 2.45) is 11.1 Å². The number of hydrogen-bond donors (Lipinski definition) is 1. The van der Waals surface area contributed by atoms with Gasteiger partial charge in [-0.05, 0) is 20.0 Å². The summed E-state index contributed by atoms with van der Waals surface area (Å²) in [7, 11) is 2.11. The highest BCUT2D eigenvalue weighted by molar-refractivity contribution is 5.15. The van der Waals surface area contributed by atoms with Gasteiger partial charge in [-0.1, -0.05) is 6.92 Å². The number of nitrogens with two attached hydrogens (primary N) is 1. The van der Waals surface area contributed by atoms with Crippen LogP contribution in [0.15, 0.2) is 16.7 Å². The predicted molar refractivity (Wildman–Crippen MR) is 66.7 cm³/mol. The summed E-state index contributed by atoms with van der Waals surface area (Å²) >= 11 is 0. The third-order valence-electron chi connectivity index (χ3n) is 3.66. The van der Waals surface area contributed by atoms with Gasteiger partial charge in [0, 0.05) is 30.1 Å². The predicted octanol–water partition coefficient (Wildman–Crippen LogP) is 1.38. The number of furan rings is 1. The summed E-state index contributed by atoms with van der Waals surface area (Å²) in [5, 5.41) is 0. The van der Waals surface area contributed by atoms with Gasteiger partial charge < -0.3 is 19.8 Å². The number of aryl methyl sites for hydroxylation is 1. The molecule has 0 radical (unpaired) electrons. The highest BCUT2D eigenvalue weighted by atomic mass is 16.5. The van der Waals surface area contributed by atoms with Crippen LogP contribution >= 0.6 is 0 Å². The van der Waals surface area contributed by atoms with Crippen LogP contribution in [0.25, 0.3) is 0 Å². The van der Waals surface area contributed by atoms with E-state index >= 15 is 0 Å². The molecule has 4 heteroatoms. The molecule has 4 nitrogen and oxygen atoms in total. The Hall–Kier alpha value is -0.840. The second-order valence-corrected chi connectivity index (χ2v) is 5.45. The lowest BCUT2D eigenvalue weighted by Gasteiger charge is -2.31. The zero-order valence-corrected chi connectivity index (χ0v) is 10.9. The van der Waals surface area contributed by atoms with Crippen molar-refractivity contribution in [3.63, 3.8) is 0 Å². The Morgan fingerprint density at radius 2 is 2.35 bits per heavy atom. The van der Waals surface area contributed by atoms with Crippen molar-refractivity contribution >= 4 is 0 Å². The summed E-state index contributed by atoms with van der Waals surface area (Å²) in [4.78, 5) is 2.28. The molecule has 17 heavy (non-hydrogen) atoms. The maximum Gasteiger partial charge on any atom is 0.105 e. The van der Waals surface area contributed by atoms with Crippen LogP contribution < -0.4 is 5.73 Å². The highest BCUT2D eigenvalue weighted by Gasteiger charge is 2.38. The van der Waals surface area contributed by atoms with Gasteiger partial charge in [-0.25, -0.2) is 0 Å². The van der Waals surface area contributed by atoms with Crippen LogP contribution in [0, 0.1) is 12.3 Å². The van der Waals surface area contributed by atoms with Crippen molar-refractivity contribution in [3.8, 4) is 0 Å². The van der Waals surface area contributed by atoms with E-state index in [1.807, 2.05) is 13.0 Å². The van der Waals surface area contributed by atoms with Gasteiger partial charge in [-0.15, -0.1) is 0 Å². The summed E-state index contributed by atoms with van der Waals surface area (Å²) in [6.07, 6.45) is 1.74. The molecule has 0 bridgehead atoms. The maximum absolute atomic E-state index is 6.09. The van der Waals surface area contributed by atoms with Crippen molar-refractivity contribution in [1.82, 2.24) is 4.90 Å². The van der Waals surface area contributed by atoms with Crippen LogP contribution in [-0.4, -0.2) is 37.7 Å². The molecule has 2 N–H and O–H groups in total. The molecule has 2 atom stereocenters. The van der Waals surface area contributed by atoms with Crippen LogP contribution in [0.3, 0.4) is 0 Å². The van der Waals surface area contributed by atoms with E-state index in [1.54, 1.807) is 6.26 Å². The summed E-state index contributed by atoms with van der Waals surface area (Å²) < 4.78 is 10.8. The van der Waals surface area contributed by atoms with Gasteiger partial charge in [0.2, 0.25) is 0 Å². The molecule has 1 aromatic rings. The van der Waals surface area contributed by atoms with Gasteiger partial charge in [0.25, 0.3) is 0 Å². The van der Waals surface area contributed by atoms with Crippen molar-refractivity contribution in [3.05, 3.63) is 23.7 Å². The SMILES string of the molecule is Cc1occc1CN(C)CC1(C)COCC1N. The van der Waals surface area contributed by atoms with Crippen molar-refractivity contribution in [2.75, 3.05) is 26.8 Å². The van der Waals surface area contributed by atoms with Crippen molar-refractivity contribution in [1.29, 1.82) is 0 Å². The Morgan fingerprint density at radius 1 is 1.59 bits per heavy atom. The molecule has 0 amide bonds. The van der Waals surface area contributed by atoms with E-state index in [0.717, 1.165) is 25.5 Å². The van der Waals surface area contributed by atoms with E-state index < -0.39 is 0 Å². The zero-order valence-electron chi connectivity index (χ0n) is 10.9. The highest BCUT2D eigenvalue weighted by Crippen LogP contribution is 2.28. The molecule has 96 valence electrons. The summed E-state index contributed by atoms with van der Waals surface area (Å²) in [5.74, 6) is 0.994.